The van der Waals surface area contributed by atoms with E-state index in [2.05, 4.69) is 59.9 Å². The molecule has 0 bridgehead atoms. The minimum absolute atomic E-state index is 0.872. The Bertz CT molecular complexity index is 1020. The average molecular weight is 363 g/mol. The lowest BCUT2D eigenvalue weighted by Gasteiger charge is -2.27. The molecule has 0 unspecified atom stereocenters. The van der Waals surface area contributed by atoms with Gasteiger partial charge in [-0.3, -0.25) is 5.10 Å². The molecule has 0 saturated carbocycles. The number of anilines is 1. The molecule has 5 rings (SSSR count). The van der Waals surface area contributed by atoms with E-state index in [0.29, 0.717) is 0 Å². The van der Waals surface area contributed by atoms with Gasteiger partial charge in [-0.25, -0.2) is 4.98 Å². The van der Waals surface area contributed by atoms with Gasteiger partial charge in [-0.15, -0.1) is 21.5 Å². The van der Waals surface area contributed by atoms with E-state index < -0.39 is 0 Å². The summed E-state index contributed by atoms with van der Waals surface area (Å²) in [4.78, 5) is 6.83. The summed E-state index contributed by atoms with van der Waals surface area (Å²) in [5.41, 5.74) is 6.89. The SMILES string of the molecule is c1nc2c(-c3cn[nH]c3)ccc(-c3ccc(N4CCNCC4)nn3)c2s1. The standard InChI is InChI=1S/C18H17N7S/c1-2-14(15-3-4-16(24-23-15)25-7-5-19-6-8-25)18-17(20-11-26-18)13(1)12-9-21-22-10-12/h1-4,9-11,19H,5-8H2,(H,21,22). The second-order valence-electron chi connectivity index (χ2n) is 6.19. The molecule has 0 spiro atoms. The first kappa shape index (κ1) is 15.4. The van der Waals surface area contributed by atoms with E-state index in [4.69, 9.17) is 0 Å². The van der Waals surface area contributed by atoms with Gasteiger partial charge in [0.15, 0.2) is 5.82 Å². The number of hydrogen-bond donors (Lipinski definition) is 2. The molecule has 130 valence electrons. The number of benzene rings is 1. The van der Waals surface area contributed by atoms with Gasteiger partial charge in [0.1, 0.15) is 0 Å². The minimum Gasteiger partial charge on any atom is -0.353 e. The molecule has 0 atom stereocenters. The molecule has 1 aromatic carbocycles. The molecular formula is C18H17N7S. The third-order valence-electron chi connectivity index (χ3n) is 4.66. The van der Waals surface area contributed by atoms with Crippen LogP contribution in [0.3, 0.4) is 0 Å². The van der Waals surface area contributed by atoms with Gasteiger partial charge in [-0.1, -0.05) is 12.1 Å². The number of nitrogens with one attached hydrogen (secondary N) is 2. The third kappa shape index (κ3) is 2.63. The van der Waals surface area contributed by atoms with Crippen molar-refractivity contribution in [3.63, 3.8) is 0 Å². The van der Waals surface area contributed by atoms with E-state index in [0.717, 1.165) is 64.6 Å². The lowest BCUT2D eigenvalue weighted by molar-refractivity contribution is 0.583. The maximum absolute atomic E-state index is 4.57. The van der Waals surface area contributed by atoms with E-state index >= 15 is 0 Å². The summed E-state index contributed by atoms with van der Waals surface area (Å²) in [6.45, 7) is 3.90. The number of nitrogens with zero attached hydrogens (tertiary/aromatic N) is 5. The van der Waals surface area contributed by atoms with Crippen molar-refractivity contribution in [3.8, 4) is 22.4 Å². The molecule has 0 aliphatic carbocycles. The molecular weight excluding hydrogens is 346 g/mol. The molecule has 1 aliphatic rings. The van der Waals surface area contributed by atoms with Crippen LogP contribution in [0, 0.1) is 0 Å². The number of fused-ring (bicyclic) bond motifs is 1. The molecule has 4 aromatic rings. The number of piperazine rings is 1. The average Bonchev–Trinajstić information content (AvgIpc) is 3.40. The maximum atomic E-state index is 4.57. The fourth-order valence-electron chi connectivity index (χ4n) is 3.31. The molecule has 1 fully saturated rings. The van der Waals surface area contributed by atoms with Gasteiger partial charge >= 0.3 is 0 Å². The third-order valence-corrected chi connectivity index (χ3v) is 5.52. The number of H-pyrrole nitrogens is 1. The highest BCUT2D eigenvalue weighted by Crippen LogP contribution is 2.36. The van der Waals surface area contributed by atoms with Crippen LogP contribution in [0.1, 0.15) is 0 Å². The second-order valence-corrected chi connectivity index (χ2v) is 7.05. The predicted octanol–water partition coefficient (Wildman–Crippen LogP) is 2.55. The highest BCUT2D eigenvalue weighted by molar-refractivity contribution is 7.17. The van der Waals surface area contributed by atoms with Crippen LogP contribution in [0.25, 0.3) is 32.6 Å². The topological polar surface area (TPSA) is 82.6 Å². The lowest BCUT2D eigenvalue weighted by Crippen LogP contribution is -2.43. The van der Waals surface area contributed by atoms with Crippen LogP contribution in [-0.2, 0) is 0 Å². The van der Waals surface area contributed by atoms with Crippen LogP contribution in [-0.4, -0.2) is 51.6 Å². The molecule has 0 amide bonds. The van der Waals surface area contributed by atoms with Crippen molar-refractivity contribution in [2.75, 3.05) is 31.1 Å². The van der Waals surface area contributed by atoms with Gasteiger partial charge in [0.05, 0.1) is 27.6 Å². The van der Waals surface area contributed by atoms with Crippen LogP contribution < -0.4 is 10.2 Å². The Kier molecular flexibility index (Phi) is 3.84. The van der Waals surface area contributed by atoms with Crippen LogP contribution >= 0.6 is 11.3 Å². The minimum atomic E-state index is 0.872. The molecule has 2 N–H and O–H groups in total. The van der Waals surface area contributed by atoms with Crippen LogP contribution in [0.4, 0.5) is 5.82 Å². The Balaban J connectivity index is 1.53. The molecule has 3 aromatic heterocycles. The lowest BCUT2D eigenvalue weighted by atomic mass is 10.0. The summed E-state index contributed by atoms with van der Waals surface area (Å²) in [6, 6.07) is 8.28. The van der Waals surface area contributed by atoms with E-state index in [1.54, 1.807) is 11.3 Å². The Morgan fingerprint density at radius 1 is 1.00 bits per heavy atom. The van der Waals surface area contributed by atoms with Crippen molar-refractivity contribution in [2.24, 2.45) is 0 Å². The maximum Gasteiger partial charge on any atom is 0.151 e. The molecule has 1 saturated heterocycles. The summed E-state index contributed by atoms with van der Waals surface area (Å²) in [7, 11) is 0. The quantitative estimate of drug-likeness (QED) is 0.582. The molecule has 1 aliphatic heterocycles. The van der Waals surface area contributed by atoms with Crippen LogP contribution in [0.2, 0.25) is 0 Å². The van der Waals surface area contributed by atoms with Gasteiger partial charge < -0.3 is 10.2 Å². The molecule has 0 radical (unpaired) electrons. The highest BCUT2D eigenvalue weighted by atomic mass is 32.1. The summed E-state index contributed by atoms with van der Waals surface area (Å²) in [6.07, 6.45) is 3.70. The number of aromatic amines is 1. The zero-order chi connectivity index (χ0) is 17.3. The van der Waals surface area contributed by atoms with Crippen molar-refractivity contribution in [1.82, 2.24) is 30.7 Å². The molecule has 4 heterocycles. The Labute approximate surface area is 154 Å². The number of hydrogen-bond acceptors (Lipinski definition) is 7. The van der Waals surface area contributed by atoms with Gasteiger partial charge in [0.2, 0.25) is 0 Å². The van der Waals surface area contributed by atoms with Crippen molar-refractivity contribution >= 4 is 27.4 Å². The largest absolute Gasteiger partial charge is 0.353 e. The Morgan fingerprint density at radius 2 is 1.88 bits per heavy atom. The summed E-state index contributed by atoms with van der Waals surface area (Å²) < 4.78 is 1.12. The fourth-order valence-corrected chi connectivity index (χ4v) is 4.15. The Hall–Kier alpha value is -2.84. The smallest absolute Gasteiger partial charge is 0.151 e. The zero-order valence-corrected chi connectivity index (χ0v) is 14.8. The summed E-state index contributed by atoms with van der Waals surface area (Å²) in [5.74, 6) is 0.936. The fraction of sp³-hybridized carbons (Fsp3) is 0.222. The van der Waals surface area contributed by atoms with Gasteiger partial charge in [-0.05, 0) is 12.1 Å². The molecule has 26 heavy (non-hydrogen) atoms. The molecule has 7 nitrogen and oxygen atoms in total. The van der Waals surface area contributed by atoms with E-state index in [9.17, 15) is 0 Å². The summed E-state index contributed by atoms with van der Waals surface area (Å²) in [5, 5.41) is 19.2. The highest BCUT2D eigenvalue weighted by Gasteiger charge is 2.15. The van der Waals surface area contributed by atoms with Gasteiger partial charge in [-0.2, -0.15) is 5.10 Å². The van der Waals surface area contributed by atoms with Crippen molar-refractivity contribution in [2.45, 2.75) is 0 Å². The predicted molar refractivity (Wildman–Crippen MR) is 103 cm³/mol. The van der Waals surface area contributed by atoms with Crippen molar-refractivity contribution < 1.29 is 0 Å². The number of thiazole rings is 1. The molecule has 8 heteroatoms. The summed E-state index contributed by atoms with van der Waals surface area (Å²) >= 11 is 1.62. The van der Waals surface area contributed by atoms with Gasteiger partial charge in [0.25, 0.3) is 0 Å². The first-order chi connectivity index (χ1) is 12.9. The first-order valence-corrected chi connectivity index (χ1v) is 9.43. The van der Waals surface area contributed by atoms with E-state index in [-0.39, 0.29) is 0 Å². The van der Waals surface area contributed by atoms with Crippen molar-refractivity contribution in [1.29, 1.82) is 0 Å². The number of rotatable bonds is 3. The zero-order valence-electron chi connectivity index (χ0n) is 14.0. The van der Waals surface area contributed by atoms with Crippen molar-refractivity contribution in [3.05, 3.63) is 42.2 Å². The van der Waals surface area contributed by atoms with E-state index in [1.807, 2.05) is 17.9 Å². The number of aromatic nitrogens is 5. The monoisotopic (exact) mass is 363 g/mol. The van der Waals surface area contributed by atoms with E-state index in [1.165, 1.54) is 0 Å². The van der Waals surface area contributed by atoms with Crippen LogP contribution in [0.15, 0.2) is 42.2 Å². The second kappa shape index (κ2) is 6.47. The van der Waals surface area contributed by atoms with Gasteiger partial charge in [0, 0.05) is 49.1 Å². The first-order valence-electron chi connectivity index (χ1n) is 8.55. The van der Waals surface area contributed by atoms with Crippen LogP contribution in [0.5, 0.6) is 0 Å². The normalized spacial score (nSPS) is 14.8. The Morgan fingerprint density at radius 3 is 2.65 bits per heavy atom.